The lowest BCUT2D eigenvalue weighted by Gasteiger charge is -2.44. The van der Waals surface area contributed by atoms with Crippen LogP contribution in [0.2, 0.25) is 10.0 Å². The Hall–Kier alpha value is -2.57. The SMILES string of the molecule is COC(=O)C1(c2ccccc2)CCN(CCCC2(c3ccc(Cl)c(Cl)c3)CCCN(C(=O)c3ccccc3)C2)CC1.Cl. The van der Waals surface area contributed by atoms with Gasteiger partial charge in [-0.15, -0.1) is 12.4 Å². The van der Waals surface area contributed by atoms with Crippen molar-refractivity contribution in [2.24, 2.45) is 0 Å². The van der Waals surface area contributed by atoms with Gasteiger partial charge in [-0.3, -0.25) is 9.59 Å². The van der Waals surface area contributed by atoms with Crippen molar-refractivity contribution in [1.82, 2.24) is 9.80 Å². The smallest absolute Gasteiger partial charge is 0.316 e. The van der Waals surface area contributed by atoms with E-state index in [4.69, 9.17) is 27.9 Å². The van der Waals surface area contributed by atoms with Crippen LogP contribution in [-0.4, -0.2) is 61.5 Å². The minimum absolute atomic E-state index is 0. The van der Waals surface area contributed by atoms with E-state index in [1.165, 1.54) is 7.11 Å². The molecule has 42 heavy (non-hydrogen) atoms. The van der Waals surface area contributed by atoms with Crippen molar-refractivity contribution < 1.29 is 14.3 Å². The lowest BCUT2D eigenvalue weighted by molar-refractivity contribution is -0.149. The zero-order chi connectivity index (χ0) is 28.9. The third-order valence-electron chi connectivity index (χ3n) is 9.16. The van der Waals surface area contributed by atoms with Crippen molar-refractivity contribution in [1.29, 1.82) is 0 Å². The van der Waals surface area contributed by atoms with Crippen LogP contribution in [0, 0.1) is 0 Å². The van der Waals surface area contributed by atoms with Crippen LogP contribution < -0.4 is 0 Å². The third-order valence-corrected chi connectivity index (χ3v) is 9.90. The fraction of sp³-hybridized carbons (Fsp3) is 0.412. The van der Waals surface area contributed by atoms with Crippen LogP contribution in [0.25, 0.3) is 0 Å². The minimum atomic E-state index is -0.588. The highest BCUT2D eigenvalue weighted by atomic mass is 35.5. The number of rotatable bonds is 8. The molecule has 2 fully saturated rings. The molecule has 0 bridgehead atoms. The molecule has 2 aliphatic rings. The van der Waals surface area contributed by atoms with Gasteiger partial charge in [0, 0.05) is 24.1 Å². The molecular formula is C34H39Cl3N2O3. The third kappa shape index (κ3) is 6.81. The second-order valence-corrected chi connectivity index (χ2v) is 12.3. The first-order valence-electron chi connectivity index (χ1n) is 14.5. The number of esters is 1. The Kier molecular flexibility index (Phi) is 11.0. The molecule has 224 valence electrons. The minimum Gasteiger partial charge on any atom is -0.468 e. The Morgan fingerprint density at radius 3 is 2.14 bits per heavy atom. The van der Waals surface area contributed by atoms with Crippen molar-refractivity contribution in [3.05, 3.63) is 106 Å². The lowest BCUT2D eigenvalue weighted by Crippen LogP contribution is -2.49. The van der Waals surface area contributed by atoms with E-state index in [0.29, 0.717) is 16.6 Å². The fourth-order valence-electron chi connectivity index (χ4n) is 6.84. The van der Waals surface area contributed by atoms with Crippen LogP contribution in [0.15, 0.2) is 78.9 Å². The Bertz CT molecular complexity index is 1350. The number of benzene rings is 3. The number of carbonyl (C=O) groups is 2. The Morgan fingerprint density at radius 1 is 0.833 bits per heavy atom. The maximum absolute atomic E-state index is 13.5. The van der Waals surface area contributed by atoms with Crippen molar-refractivity contribution in [2.75, 3.05) is 39.8 Å². The average molecular weight is 630 g/mol. The zero-order valence-electron chi connectivity index (χ0n) is 24.1. The maximum Gasteiger partial charge on any atom is 0.316 e. The molecule has 0 aliphatic carbocycles. The van der Waals surface area contributed by atoms with Gasteiger partial charge >= 0.3 is 5.97 Å². The summed E-state index contributed by atoms with van der Waals surface area (Å²) in [6.07, 6.45) is 5.30. The molecule has 0 spiro atoms. The summed E-state index contributed by atoms with van der Waals surface area (Å²) in [6.45, 7) is 4.00. The number of nitrogens with zero attached hydrogens (tertiary/aromatic N) is 2. The van der Waals surface area contributed by atoms with Crippen LogP contribution >= 0.6 is 35.6 Å². The van der Waals surface area contributed by atoms with Gasteiger partial charge in [0.05, 0.1) is 22.6 Å². The molecule has 3 aromatic carbocycles. The van der Waals surface area contributed by atoms with E-state index in [1.807, 2.05) is 77.7 Å². The molecule has 1 unspecified atom stereocenters. The molecule has 5 rings (SSSR count). The normalized spacial score (nSPS) is 20.4. The van der Waals surface area contributed by atoms with E-state index in [-0.39, 0.29) is 29.7 Å². The highest BCUT2D eigenvalue weighted by molar-refractivity contribution is 6.42. The summed E-state index contributed by atoms with van der Waals surface area (Å²) in [7, 11) is 1.48. The molecule has 0 aromatic heterocycles. The molecule has 2 aliphatic heterocycles. The van der Waals surface area contributed by atoms with Crippen molar-refractivity contribution in [3.8, 4) is 0 Å². The van der Waals surface area contributed by atoms with Crippen LogP contribution in [0.3, 0.4) is 0 Å². The molecule has 2 heterocycles. The summed E-state index contributed by atoms with van der Waals surface area (Å²) in [5.74, 6) is -0.0712. The first-order valence-corrected chi connectivity index (χ1v) is 15.3. The number of piperidine rings is 2. The number of carbonyl (C=O) groups excluding carboxylic acids is 2. The number of likely N-dealkylation sites (tertiary alicyclic amines) is 2. The van der Waals surface area contributed by atoms with E-state index >= 15 is 0 Å². The van der Waals surface area contributed by atoms with Gasteiger partial charge in [0.2, 0.25) is 0 Å². The van der Waals surface area contributed by atoms with Crippen molar-refractivity contribution in [3.63, 3.8) is 0 Å². The van der Waals surface area contributed by atoms with E-state index < -0.39 is 5.41 Å². The Morgan fingerprint density at radius 2 is 1.50 bits per heavy atom. The first kappa shape index (κ1) is 32.3. The van der Waals surface area contributed by atoms with E-state index in [9.17, 15) is 9.59 Å². The molecular weight excluding hydrogens is 591 g/mol. The van der Waals surface area contributed by atoms with Crippen molar-refractivity contribution in [2.45, 2.75) is 49.4 Å². The number of hydrogen-bond acceptors (Lipinski definition) is 4. The Labute approximate surface area is 265 Å². The molecule has 2 saturated heterocycles. The average Bonchev–Trinajstić information content (AvgIpc) is 3.03. The second-order valence-electron chi connectivity index (χ2n) is 11.5. The molecule has 0 radical (unpaired) electrons. The first-order chi connectivity index (χ1) is 19.9. The van der Waals surface area contributed by atoms with Gasteiger partial charge in [-0.2, -0.15) is 0 Å². The maximum atomic E-state index is 13.5. The fourth-order valence-corrected chi connectivity index (χ4v) is 7.14. The highest BCUT2D eigenvalue weighted by Crippen LogP contribution is 2.42. The van der Waals surface area contributed by atoms with Gasteiger partial charge in [-0.1, -0.05) is 77.8 Å². The molecule has 5 nitrogen and oxygen atoms in total. The van der Waals surface area contributed by atoms with Crippen LogP contribution in [0.1, 0.15) is 60.0 Å². The van der Waals surface area contributed by atoms with Gasteiger partial charge in [0.25, 0.3) is 5.91 Å². The molecule has 1 atom stereocenters. The molecule has 0 N–H and O–H groups in total. The monoisotopic (exact) mass is 628 g/mol. The predicted molar refractivity (Wildman–Crippen MR) is 172 cm³/mol. The Balaban J connectivity index is 0.00000405. The summed E-state index contributed by atoms with van der Waals surface area (Å²) in [6, 6.07) is 25.5. The number of methoxy groups -OCH3 is 1. The van der Waals surface area contributed by atoms with E-state index in [0.717, 1.165) is 81.4 Å². The topological polar surface area (TPSA) is 49.9 Å². The van der Waals surface area contributed by atoms with E-state index in [2.05, 4.69) is 11.0 Å². The summed E-state index contributed by atoms with van der Waals surface area (Å²) in [5.41, 5.74) is 2.11. The van der Waals surface area contributed by atoms with Crippen LogP contribution in [0.5, 0.6) is 0 Å². The number of hydrogen-bond donors (Lipinski definition) is 0. The van der Waals surface area contributed by atoms with Gasteiger partial charge in [0.15, 0.2) is 0 Å². The van der Waals surface area contributed by atoms with Crippen LogP contribution in [-0.2, 0) is 20.4 Å². The lowest BCUT2D eigenvalue weighted by atomic mass is 9.70. The quantitative estimate of drug-likeness (QED) is 0.241. The largest absolute Gasteiger partial charge is 0.468 e. The summed E-state index contributed by atoms with van der Waals surface area (Å²) >= 11 is 12.8. The number of amides is 1. The summed E-state index contributed by atoms with van der Waals surface area (Å²) in [5, 5.41) is 1.09. The predicted octanol–water partition coefficient (Wildman–Crippen LogP) is 7.58. The van der Waals surface area contributed by atoms with Gasteiger partial charge in [-0.25, -0.2) is 0 Å². The van der Waals surface area contributed by atoms with Gasteiger partial charge in [-0.05, 0) is 93.6 Å². The van der Waals surface area contributed by atoms with Crippen molar-refractivity contribution >= 4 is 47.5 Å². The number of ether oxygens (including phenoxy) is 1. The van der Waals surface area contributed by atoms with Gasteiger partial charge < -0.3 is 14.5 Å². The molecule has 8 heteroatoms. The number of halogens is 3. The molecule has 0 saturated carbocycles. The second kappa shape index (κ2) is 14.3. The molecule has 1 amide bonds. The summed E-state index contributed by atoms with van der Waals surface area (Å²) in [4.78, 5) is 30.9. The summed E-state index contributed by atoms with van der Waals surface area (Å²) < 4.78 is 5.27. The van der Waals surface area contributed by atoms with Gasteiger partial charge in [0.1, 0.15) is 0 Å². The highest BCUT2D eigenvalue weighted by Gasteiger charge is 2.44. The standard InChI is InChI=1S/C34H38Cl2N2O3.ClH/c1-41-32(40)34(27-12-6-3-7-13-27)18-22-37(23-19-34)20-8-16-33(28-14-15-29(35)30(36)24-28)17-9-21-38(25-33)31(39)26-10-4-2-5-11-26;/h2-7,10-15,24H,8-9,16-23,25H2,1H3;1H. The zero-order valence-corrected chi connectivity index (χ0v) is 26.4. The van der Waals surface area contributed by atoms with Crippen LogP contribution in [0.4, 0.5) is 0 Å². The van der Waals surface area contributed by atoms with E-state index in [1.54, 1.807) is 0 Å². The molecule has 3 aromatic rings.